The maximum atomic E-state index is 15.0. The van der Waals surface area contributed by atoms with Crippen LogP contribution in [0.2, 0.25) is 0 Å². The number of aliphatic hydroxyl groups excluding tert-OH is 2. The molecule has 0 saturated heterocycles. The van der Waals surface area contributed by atoms with Gasteiger partial charge in [-0.3, -0.25) is 14.9 Å². The maximum absolute atomic E-state index is 15.0. The van der Waals surface area contributed by atoms with Crippen LogP contribution >= 0.6 is 0 Å². The number of likely N-dealkylation sites (N-methyl/N-ethyl adjacent to an activating group) is 1. The molecule has 3 aliphatic rings. The Bertz CT molecular complexity index is 2830. The lowest BCUT2D eigenvalue weighted by molar-refractivity contribution is -0.384. The molecule has 362 valence electrons. The number of carbonyl (C=O) groups is 1. The molecule has 8 rings (SSSR count). The molecule has 69 heavy (non-hydrogen) atoms. The Morgan fingerprint density at radius 3 is 2.33 bits per heavy atom. The fourth-order valence-corrected chi connectivity index (χ4v) is 11.6. The Balaban J connectivity index is 1.30. The topological polar surface area (TPSA) is 199 Å². The van der Waals surface area contributed by atoms with E-state index in [2.05, 4.69) is 18.0 Å². The number of oxime groups is 1. The van der Waals surface area contributed by atoms with Gasteiger partial charge in [0.25, 0.3) is 5.69 Å². The Hall–Kier alpha value is -6.43. The number of unbranched alkanes of at least 4 members (excludes halogenated alkanes) is 2. The number of non-ortho nitro benzene ring substituents is 1. The summed E-state index contributed by atoms with van der Waals surface area (Å²) >= 11 is 0. The van der Waals surface area contributed by atoms with Crippen molar-refractivity contribution >= 4 is 43.8 Å². The molecule has 5 aromatic rings. The summed E-state index contributed by atoms with van der Waals surface area (Å²) in [7, 11) is -2.82. The minimum absolute atomic E-state index is 0.00300. The van der Waals surface area contributed by atoms with E-state index in [0.29, 0.717) is 59.9 Å². The number of hydrogen-bond donors (Lipinski definition) is 3. The first-order valence-corrected chi connectivity index (χ1v) is 24.8. The Labute approximate surface area is 402 Å². The summed E-state index contributed by atoms with van der Waals surface area (Å²) in [5.41, 5.74) is 3.10. The number of anilines is 1. The predicted molar refractivity (Wildman–Crippen MR) is 263 cm³/mol. The van der Waals surface area contributed by atoms with Gasteiger partial charge < -0.3 is 34.6 Å². The number of hydrogen-bond acceptors (Lipinski definition) is 12. The van der Waals surface area contributed by atoms with Crippen LogP contribution in [0.4, 0.5) is 11.4 Å². The van der Waals surface area contributed by atoms with Crippen LogP contribution in [-0.2, 0) is 31.0 Å². The van der Waals surface area contributed by atoms with Gasteiger partial charge in [-0.05, 0) is 126 Å². The minimum Gasteiger partial charge on any atom is -0.460 e. The number of amides is 1. The smallest absolute Gasteiger partial charge is 0.269 e. The van der Waals surface area contributed by atoms with Crippen LogP contribution in [-0.4, -0.2) is 78.2 Å². The van der Waals surface area contributed by atoms with E-state index in [0.717, 1.165) is 34.8 Å². The Kier molecular flexibility index (Phi) is 15.2. The lowest BCUT2D eigenvalue weighted by atomic mass is 9.55. The highest BCUT2D eigenvalue weighted by Gasteiger charge is 2.65. The standard InChI is InChI=1S/C53H58N4O11S/c1-4-29-65-53-50(56(3)69(63,64)44-24-18-40(19-25-44)54-35(2)60)33-48(55-66-34-36-15-20-41(21-16-36)57(61)62)46-31-39(13-7-9-27-58)45(14-8-10-28-59)51(52(46)53)47-32-43(23-26-49(47)68-53)67-42-22-17-37-11-5-6-12-38(37)30-42/h4-6,11-12,15-26,30-32,39,45,50-52,58-59H,1,7-10,13-14,27-29,33-34H2,2-3H3,(H,54,60)/t39-,45+,50-,51+,52+,53+/m0/s1. The normalized spacial score (nSPS) is 22.2. The number of benzene rings is 5. The van der Waals surface area contributed by atoms with Gasteiger partial charge in [-0.15, -0.1) is 6.58 Å². The van der Waals surface area contributed by atoms with Crippen molar-refractivity contribution in [3.63, 3.8) is 0 Å². The number of carbonyl (C=O) groups excluding carboxylic acids is 1. The van der Waals surface area contributed by atoms with Crippen LogP contribution < -0.4 is 14.8 Å². The molecule has 3 N–H and O–H groups in total. The van der Waals surface area contributed by atoms with E-state index < -0.39 is 32.7 Å². The van der Waals surface area contributed by atoms with Crippen LogP contribution in [0, 0.1) is 27.9 Å². The second-order valence-corrected chi connectivity index (χ2v) is 19.8. The molecule has 16 heteroatoms. The number of fused-ring (bicyclic) bond motifs is 3. The molecule has 6 atom stereocenters. The summed E-state index contributed by atoms with van der Waals surface area (Å²) in [6, 6.07) is 30.5. The third kappa shape index (κ3) is 10.5. The lowest BCUT2D eigenvalue weighted by Gasteiger charge is -2.59. The average molecular weight is 959 g/mol. The van der Waals surface area contributed by atoms with Gasteiger partial charge >= 0.3 is 0 Å². The zero-order chi connectivity index (χ0) is 48.7. The number of nitrogens with one attached hydrogen (secondary N) is 1. The number of ether oxygens (including phenoxy) is 3. The van der Waals surface area contributed by atoms with E-state index >= 15 is 0 Å². The summed E-state index contributed by atoms with van der Waals surface area (Å²) in [6.07, 6.45) is 7.85. The summed E-state index contributed by atoms with van der Waals surface area (Å²) in [5.74, 6) is -1.46. The summed E-state index contributed by atoms with van der Waals surface area (Å²) in [4.78, 5) is 28.8. The molecule has 1 saturated carbocycles. The molecule has 1 fully saturated rings. The molecule has 0 aromatic heterocycles. The van der Waals surface area contributed by atoms with E-state index in [-0.39, 0.29) is 67.1 Å². The molecule has 15 nitrogen and oxygen atoms in total. The van der Waals surface area contributed by atoms with E-state index in [4.69, 9.17) is 24.2 Å². The van der Waals surface area contributed by atoms with E-state index in [9.17, 15) is 33.5 Å². The fraction of sp³-hybridized carbons (Fsp3) is 0.358. The Morgan fingerprint density at radius 1 is 0.942 bits per heavy atom. The summed E-state index contributed by atoms with van der Waals surface area (Å²) in [5, 5.41) is 41.0. The second kappa shape index (κ2) is 21.5. The van der Waals surface area contributed by atoms with Gasteiger partial charge in [0, 0.05) is 62.9 Å². The highest BCUT2D eigenvalue weighted by Crippen LogP contribution is 2.62. The number of nitro benzene ring substituents is 1. The van der Waals surface area contributed by atoms with Crippen LogP contribution in [0.1, 0.15) is 68.9 Å². The van der Waals surface area contributed by atoms with E-state index in [1.807, 2.05) is 60.7 Å². The first kappa shape index (κ1) is 49.0. The van der Waals surface area contributed by atoms with Gasteiger partial charge in [0.2, 0.25) is 21.7 Å². The molecule has 1 amide bonds. The molecule has 1 aliphatic heterocycles. The number of sulfonamides is 1. The third-order valence-electron chi connectivity index (χ3n) is 13.4. The zero-order valence-corrected chi connectivity index (χ0v) is 39.6. The number of rotatable bonds is 21. The molecule has 0 spiro atoms. The lowest BCUT2D eigenvalue weighted by Crippen LogP contribution is -2.69. The van der Waals surface area contributed by atoms with Crippen LogP contribution in [0.15, 0.2) is 144 Å². The van der Waals surface area contributed by atoms with Crippen molar-refractivity contribution in [2.45, 2.75) is 81.1 Å². The SMILES string of the molecule is C=CCO[C@@]12Oc3ccc(Oc4ccc5ccccc5c4)cc3[C@H]3[C@H](CCCCO)[C@@H](CCCCO)C=C(C(=NOCc4ccc([N+](=O)[O-])cc4)C[C@@H]1N(C)S(=O)(=O)c1ccc(NC(C)=O)cc1)[C@H]32. The third-order valence-corrected chi connectivity index (χ3v) is 15.3. The van der Waals surface area contributed by atoms with Gasteiger partial charge in [-0.2, -0.15) is 4.31 Å². The van der Waals surface area contributed by atoms with Crippen molar-refractivity contribution in [1.29, 1.82) is 0 Å². The van der Waals surface area contributed by atoms with Crippen LogP contribution in [0.5, 0.6) is 17.2 Å². The highest BCUT2D eigenvalue weighted by molar-refractivity contribution is 7.89. The van der Waals surface area contributed by atoms with Crippen molar-refractivity contribution in [1.82, 2.24) is 4.31 Å². The monoisotopic (exact) mass is 958 g/mol. The van der Waals surface area contributed by atoms with Crippen molar-refractivity contribution in [2.24, 2.45) is 22.9 Å². The minimum atomic E-state index is -4.32. The molecule has 0 bridgehead atoms. The number of nitrogens with zero attached hydrogens (tertiary/aromatic N) is 3. The summed E-state index contributed by atoms with van der Waals surface area (Å²) in [6.45, 7) is 5.38. The molecular weight excluding hydrogens is 901 g/mol. The van der Waals surface area contributed by atoms with Gasteiger partial charge in [0.1, 0.15) is 23.9 Å². The average Bonchev–Trinajstić information content (AvgIpc) is 3.34. The predicted octanol–water partition coefficient (Wildman–Crippen LogP) is 9.65. The second-order valence-electron chi connectivity index (χ2n) is 17.8. The zero-order valence-electron chi connectivity index (χ0n) is 38.7. The van der Waals surface area contributed by atoms with Gasteiger partial charge in [-0.1, -0.05) is 60.5 Å². The van der Waals surface area contributed by atoms with Crippen molar-refractivity contribution in [3.8, 4) is 17.2 Å². The van der Waals surface area contributed by atoms with Gasteiger partial charge in [0.05, 0.1) is 34.1 Å². The van der Waals surface area contributed by atoms with E-state index in [1.165, 1.54) is 54.7 Å². The van der Waals surface area contributed by atoms with Gasteiger partial charge in [0.15, 0.2) is 0 Å². The summed E-state index contributed by atoms with van der Waals surface area (Å²) < 4.78 is 52.1. The first-order valence-electron chi connectivity index (χ1n) is 23.3. The highest BCUT2D eigenvalue weighted by atomic mass is 32.2. The quantitative estimate of drug-likeness (QED) is 0.0274. The van der Waals surface area contributed by atoms with Crippen molar-refractivity contribution in [3.05, 3.63) is 155 Å². The molecule has 1 heterocycles. The Morgan fingerprint density at radius 2 is 1.64 bits per heavy atom. The van der Waals surface area contributed by atoms with E-state index in [1.54, 1.807) is 18.2 Å². The van der Waals surface area contributed by atoms with Crippen LogP contribution in [0.3, 0.4) is 0 Å². The molecule has 5 aromatic carbocycles. The van der Waals surface area contributed by atoms with Crippen LogP contribution in [0.25, 0.3) is 10.8 Å². The maximum Gasteiger partial charge on any atom is 0.269 e. The van der Waals surface area contributed by atoms with Crippen molar-refractivity contribution in [2.75, 3.05) is 32.2 Å². The van der Waals surface area contributed by atoms with Gasteiger partial charge in [-0.25, -0.2) is 8.42 Å². The molecule has 0 radical (unpaired) electrons. The molecule has 2 aliphatic carbocycles. The number of aliphatic hydroxyl groups is 2. The fourth-order valence-electron chi connectivity index (χ4n) is 10.3. The molecular formula is C53H58N4O11S. The molecule has 0 unspecified atom stereocenters. The van der Waals surface area contributed by atoms with Crippen molar-refractivity contribution < 1.29 is 47.4 Å². The number of allylic oxidation sites excluding steroid dienone is 1. The largest absolute Gasteiger partial charge is 0.460 e. The first-order chi connectivity index (χ1) is 33.4. The number of nitro groups is 1.